The molecule has 0 radical (unpaired) electrons. The van der Waals surface area contributed by atoms with E-state index in [-0.39, 0.29) is 19.4 Å². The third kappa shape index (κ3) is 3.94. The number of carbonyl (C=O) groups is 3. The van der Waals surface area contributed by atoms with E-state index < -0.39 is 40.5 Å². The Kier molecular flexibility index (Phi) is 4.91. The Morgan fingerprint density at radius 3 is 2.52 bits per heavy atom. The van der Waals surface area contributed by atoms with Gasteiger partial charge in [-0.3, -0.25) is 14.8 Å². The molecule has 2 bridgehead atoms. The van der Waals surface area contributed by atoms with Gasteiger partial charge in [0, 0.05) is 6.54 Å². The first-order valence-electron chi connectivity index (χ1n) is 7.89. The number of piperidine rings is 1. The van der Waals surface area contributed by atoms with Crippen molar-refractivity contribution in [1.29, 1.82) is 0 Å². The Balaban J connectivity index is 1.74. The molecule has 0 aromatic heterocycles. The Labute approximate surface area is 154 Å². The zero-order chi connectivity index (χ0) is 19.8. The summed E-state index contributed by atoms with van der Waals surface area (Å²) in [6.45, 7) is 0.0361. The van der Waals surface area contributed by atoms with Crippen molar-refractivity contribution in [3.8, 4) is 0 Å². The first-order chi connectivity index (χ1) is 12.7. The van der Waals surface area contributed by atoms with Crippen molar-refractivity contribution in [3.63, 3.8) is 0 Å². The van der Waals surface area contributed by atoms with E-state index in [1.54, 1.807) is 30.3 Å². The number of hydroxylamine groups is 2. The van der Waals surface area contributed by atoms with E-state index in [9.17, 15) is 22.8 Å². The van der Waals surface area contributed by atoms with Crippen molar-refractivity contribution in [1.82, 2.24) is 15.4 Å². The molecule has 0 aliphatic carbocycles. The molecule has 5 amide bonds. The van der Waals surface area contributed by atoms with Crippen LogP contribution in [0.4, 0.5) is 15.3 Å². The summed E-state index contributed by atoms with van der Waals surface area (Å²) in [7, 11) is -4.87. The molecule has 2 heterocycles. The lowest BCUT2D eigenvalue weighted by molar-refractivity contribution is -0.126. The molecule has 2 atom stereocenters. The molecule has 2 aliphatic heterocycles. The van der Waals surface area contributed by atoms with E-state index in [1.165, 1.54) is 0 Å². The van der Waals surface area contributed by atoms with Gasteiger partial charge in [0.25, 0.3) is 5.91 Å². The number of para-hydroxylation sites is 1. The number of anilines is 1. The highest BCUT2D eigenvalue weighted by Gasteiger charge is 2.49. The van der Waals surface area contributed by atoms with Crippen LogP contribution in [-0.4, -0.2) is 59.5 Å². The fourth-order valence-corrected chi connectivity index (χ4v) is 3.50. The molecule has 3 rings (SSSR count). The van der Waals surface area contributed by atoms with Crippen LogP contribution < -0.4 is 16.2 Å². The Morgan fingerprint density at radius 2 is 1.93 bits per heavy atom. The van der Waals surface area contributed by atoms with Crippen LogP contribution in [0.15, 0.2) is 30.3 Å². The predicted molar refractivity (Wildman–Crippen MR) is 90.0 cm³/mol. The number of primary amides is 1. The van der Waals surface area contributed by atoms with E-state index in [0.717, 1.165) is 9.91 Å². The molecule has 2 aliphatic rings. The van der Waals surface area contributed by atoms with Crippen LogP contribution in [0.5, 0.6) is 0 Å². The van der Waals surface area contributed by atoms with Crippen LogP contribution in [0.3, 0.4) is 0 Å². The number of hydrogen-bond acceptors (Lipinski definition) is 6. The van der Waals surface area contributed by atoms with Crippen LogP contribution in [0.2, 0.25) is 0 Å². The summed E-state index contributed by atoms with van der Waals surface area (Å²) in [4.78, 5) is 37.8. The first-order valence-corrected chi connectivity index (χ1v) is 9.26. The number of fused-ring (bicyclic) bond motifs is 2. The molecule has 13 heteroatoms. The molecule has 12 nitrogen and oxygen atoms in total. The second-order valence-electron chi connectivity index (χ2n) is 6.00. The minimum atomic E-state index is -4.87. The molecule has 0 saturated carbocycles. The summed E-state index contributed by atoms with van der Waals surface area (Å²) in [6.07, 6.45) is 0.465. The van der Waals surface area contributed by atoms with Crippen LogP contribution in [0.25, 0.3) is 0 Å². The van der Waals surface area contributed by atoms with Gasteiger partial charge in [0.15, 0.2) is 0 Å². The quantitative estimate of drug-likeness (QED) is 0.458. The fourth-order valence-electron chi connectivity index (χ4n) is 3.11. The van der Waals surface area contributed by atoms with Gasteiger partial charge in [-0.2, -0.15) is 13.5 Å². The molecule has 146 valence electrons. The molecule has 0 spiro atoms. The summed E-state index contributed by atoms with van der Waals surface area (Å²) in [5.74, 6) is -0.668. The third-order valence-electron chi connectivity index (χ3n) is 4.26. The van der Waals surface area contributed by atoms with Gasteiger partial charge in [0.2, 0.25) is 0 Å². The lowest BCUT2D eigenvalue weighted by Gasteiger charge is -2.31. The summed E-state index contributed by atoms with van der Waals surface area (Å²) in [5.41, 5.74) is 8.01. The highest BCUT2D eigenvalue weighted by molar-refractivity contribution is 7.80. The molecule has 27 heavy (non-hydrogen) atoms. The smallest absolute Gasteiger partial charge is 0.350 e. The maximum atomic E-state index is 12.6. The van der Waals surface area contributed by atoms with Crippen LogP contribution in [0, 0.1) is 0 Å². The van der Waals surface area contributed by atoms with Gasteiger partial charge in [-0.15, -0.1) is 4.28 Å². The summed E-state index contributed by atoms with van der Waals surface area (Å²) in [5, 5.41) is 1.38. The van der Waals surface area contributed by atoms with Gasteiger partial charge >= 0.3 is 22.5 Å². The maximum Gasteiger partial charge on any atom is 0.418 e. The van der Waals surface area contributed by atoms with Crippen LogP contribution in [-0.2, 0) is 19.5 Å². The number of amides is 5. The average Bonchev–Trinajstić information content (AvgIpc) is 2.83. The van der Waals surface area contributed by atoms with Crippen LogP contribution in [0.1, 0.15) is 12.8 Å². The lowest BCUT2D eigenvalue weighted by atomic mass is 10.0. The number of carbonyl (C=O) groups excluding carboxylic acids is 3. The topological polar surface area (TPSA) is 163 Å². The van der Waals surface area contributed by atoms with Crippen molar-refractivity contribution >= 4 is 34.1 Å². The molecular formula is C14H17N5O7S. The van der Waals surface area contributed by atoms with Gasteiger partial charge in [0.1, 0.15) is 6.04 Å². The molecule has 1 aromatic rings. The van der Waals surface area contributed by atoms with E-state index >= 15 is 0 Å². The molecule has 4 N–H and O–H groups in total. The zero-order valence-corrected chi connectivity index (χ0v) is 14.7. The number of nitrogens with two attached hydrogens (primary N) is 1. The number of urea groups is 2. The minimum Gasteiger partial charge on any atom is -0.350 e. The number of rotatable bonds is 4. The van der Waals surface area contributed by atoms with Gasteiger partial charge in [-0.1, -0.05) is 18.2 Å². The monoisotopic (exact) mass is 399 g/mol. The van der Waals surface area contributed by atoms with Crippen molar-refractivity contribution in [2.45, 2.75) is 24.9 Å². The number of nitrogens with one attached hydrogen (secondary N) is 1. The Hall–Kier alpha value is -2.90. The largest absolute Gasteiger partial charge is 0.418 e. The predicted octanol–water partition coefficient (Wildman–Crippen LogP) is -0.394. The maximum absolute atomic E-state index is 12.6. The molecular weight excluding hydrogens is 382 g/mol. The number of hydrazine groups is 1. The average molecular weight is 399 g/mol. The Bertz CT molecular complexity index is 862. The van der Waals surface area contributed by atoms with E-state index in [1.807, 2.05) is 0 Å². The SMILES string of the molecule is NC(=O)N(NC(=O)C1CCC2CN1C(=O)N2OS(=O)(=O)O)c1ccccc1. The van der Waals surface area contributed by atoms with Gasteiger partial charge in [-0.25, -0.2) is 14.6 Å². The molecule has 2 unspecified atom stereocenters. The normalized spacial score (nSPS) is 21.9. The fraction of sp³-hybridized carbons (Fsp3) is 0.357. The lowest BCUT2D eigenvalue weighted by Crippen LogP contribution is -2.57. The van der Waals surface area contributed by atoms with Gasteiger partial charge in [-0.05, 0) is 25.0 Å². The zero-order valence-electron chi connectivity index (χ0n) is 13.9. The van der Waals surface area contributed by atoms with Crippen molar-refractivity contribution in [2.75, 3.05) is 11.6 Å². The standard InChI is InChI=1S/C14H17N5O7S/c15-13(21)18(9-4-2-1-3-5-9)16-12(20)11-7-6-10-8-17(11)14(22)19(10)26-27(23,24)25/h1-5,10-11H,6-8H2,(H2,15,21)(H,16,20)(H,23,24,25). The minimum absolute atomic E-state index is 0.0361. The van der Waals surface area contributed by atoms with E-state index in [0.29, 0.717) is 10.8 Å². The molecule has 2 fully saturated rings. The molecule has 2 saturated heterocycles. The van der Waals surface area contributed by atoms with E-state index in [4.69, 9.17) is 10.3 Å². The second kappa shape index (κ2) is 7.02. The van der Waals surface area contributed by atoms with Crippen molar-refractivity contribution in [3.05, 3.63) is 30.3 Å². The molecule has 1 aromatic carbocycles. The third-order valence-corrected chi connectivity index (χ3v) is 4.61. The first kappa shape index (κ1) is 18.9. The van der Waals surface area contributed by atoms with Gasteiger partial charge < -0.3 is 10.6 Å². The van der Waals surface area contributed by atoms with Gasteiger partial charge in [0.05, 0.1) is 11.7 Å². The summed E-state index contributed by atoms with van der Waals surface area (Å²) >= 11 is 0. The Morgan fingerprint density at radius 1 is 1.26 bits per heavy atom. The summed E-state index contributed by atoms with van der Waals surface area (Å²) < 4.78 is 34.9. The number of benzene rings is 1. The van der Waals surface area contributed by atoms with Crippen LogP contribution >= 0.6 is 0 Å². The van der Waals surface area contributed by atoms with E-state index in [2.05, 4.69) is 9.71 Å². The van der Waals surface area contributed by atoms with Crippen molar-refractivity contribution in [2.24, 2.45) is 5.73 Å². The highest BCUT2D eigenvalue weighted by Crippen LogP contribution is 2.30. The number of nitrogens with zero attached hydrogens (tertiary/aromatic N) is 3. The second-order valence-corrected chi connectivity index (χ2v) is 7.00. The highest BCUT2D eigenvalue weighted by atomic mass is 32.3. The summed E-state index contributed by atoms with van der Waals surface area (Å²) in [6, 6.07) is 4.76. The van der Waals surface area contributed by atoms with Crippen molar-refractivity contribution < 1.29 is 31.6 Å². The number of hydrogen-bond donors (Lipinski definition) is 3.